The molecule has 0 spiro atoms. The third-order valence-electron chi connectivity index (χ3n) is 2.52. The molecule has 0 radical (unpaired) electrons. The Hall–Kier alpha value is -1.02. The first-order valence-corrected chi connectivity index (χ1v) is 7.02. The van der Waals surface area contributed by atoms with Gasteiger partial charge >= 0.3 is 0 Å². The quantitative estimate of drug-likeness (QED) is 0.369. The van der Waals surface area contributed by atoms with Crippen LogP contribution >= 0.6 is 15.9 Å². The zero-order valence-corrected chi connectivity index (χ0v) is 12.9. The molecular formula is C13H18BrNO5. The van der Waals surface area contributed by atoms with Crippen LogP contribution in [0, 0.1) is 10.1 Å². The summed E-state index contributed by atoms with van der Waals surface area (Å²) < 4.78 is 16.1. The Kier molecular flexibility index (Phi) is 8.36. The Balaban J connectivity index is 2.25. The van der Waals surface area contributed by atoms with E-state index in [1.165, 1.54) is 6.07 Å². The molecule has 20 heavy (non-hydrogen) atoms. The molecule has 112 valence electrons. The summed E-state index contributed by atoms with van der Waals surface area (Å²) in [5.74, 6) is 0. The minimum atomic E-state index is -0.424. The normalized spacial score (nSPS) is 10.7. The first-order valence-electron chi connectivity index (χ1n) is 6.23. The van der Waals surface area contributed by atoms with Crippen LogP contribution < -0.4 is 0 Å². The molecule has 0 aliphatic carbocycles. The lowest BCUT2D eigenvalue weighted by Crippen LogP contribution is -2.07. The Morgan fingerprint density at radius 2 is 1.95 bits per heavy atom. The van der Waals surface area contributed by atoms with E-state index in [-0.39, 0.29) is 5.69 Å². The van der Waals surface area contributed by atoms with E-state index in [9.17, 15) is 10.1 Å². The van der Waals surface area contributed by atoms with Crippen LogP contribution in [-0.4, -0.2) is 38.5 Å². The minimum absolute atomic E-state index is 0.0434. The van der Waals surface area contributed by atoms with E-state index >= 15 is 0 Å². The molecule has 0 saturated heterocycles. The number of ether oxygens (including phenoxy) is 3. The van der Waals surface area contributed by atoms with Crippen LogP contribution in [0.3, 0.4) is 0 Å². The van der Waals surface area contributed by atoms with Crippen molar-refractivity contribution >= 4 is 21.6 Å². The van der Waals surface area contributed by atoms with Crippen molar-refractivity contribution in [3.8, 4) is 0 Å². The van der Waals surface area contributed by atoms with Gasteiger partial charge in [-0.05, 0) is 27.9 Å². The van der Waals surface area contributed by atoms with Crippen molar-refractivity contribution in [2.24, 2.45) is 0 Å². The second-order valence-corrected chi connectivity index (χ2v) is 4.81. The summed E-state index contributed by atoms with van der Waals surface area (Å²) >= 11 is 3.23. The fraction of sp³-hybridized carbons (Fsp3) is 0.538. The van der Waals surface area contributed by atoms with Crippen LogP contribution in [0.15, 0.2) is 22.7 Å². The predicted octanol–water partition coefficient (Wildman–Crippen LogP) is 2.93. The van der Waals surface area contributed by atoms with Gasteiger partial charge in [0.05, 0.1) is 24.7 Å². The molecule has 0 N–H and O–H groups in total. The maximum atomic E-state index is 10.8. The van der Waals surface area contributed by atoms with Crippen molar-refractivity contribution in [1.29, 1.82) is 0 Å². The van der Waals surface area contributed by atoms with Gasteiger partial charge in [-0.1, -0.05) is 12.1 Å². The van der Waals surface area contributed by atoms with Crippen LogP contribution in [0.2, 0.25) is 0 Å². The highest BCUT2D eigenvalue weighted by atomic mass is 79.9. The second-order valence-electron chi connectivity index (χ2n) is 4.02. The van der Waals surface area contributed by atoms with Crippen molar-refractivity contribution in [3.63, 3.8) is 0 Å². The van der Waals surface area contributed by atoms with E-state index in [2.05, 4.69) is 15.9 Å². The highest BCUT2D eigenvalue weighted by Gasteiger charge is 2.14. The third kappa shape index (κ3) is 5.96. The maximum Gasteiger partial charge on any atom is 0.283 e. The lowest BCUT2D eigenvalue weighted by molar-refractivity contribution is -0.385. The molecule has 1 aromatic rings. The van der Waals surface area contributed by atoms with Gasteiger partial charge in [0.15, 0.2) is 0 Å². The fourth-order valence-corrected chi connectivity index (χ4v) is 2.05. The van der Waals surface area contributed by atoms with Crippen molar-refractivity contribution in [3.05, 3.63) is 38.3 Å². The average molecular weight is 348 g/mol. The summed E-state index contributed by atoms with van der Waals surface area (Å²) in [4.78, 5) is 10.4. The minimum Gasteiger partial charge on any atom is -0.385 e. The van der Waals surface area contributed by atoms with Gasteiger partial charge in [-0.15, -0.1) is 0 Å². The van der Waals surface area contributed by atoms with Gasteiger partial charge in [0.2, 0.25) is 0 Å². The zero-order chi connectivity index (χ0) is 14.8. The number of halogens is 1. The van der Waals surface area contributed by atoms with Gasteiger partial charge in [-0.25, -0.2) is 0 Å². The molecule has 0 fully saturated rings. The molecule has 0 unspecified atom stereocenters. The number of rotatable bonds is 10. The second kappa shape index (κ2) is 9.82. The first-order chi connectivity index (χ1) is 9.66. The summed E-state index contributed by atoms with van der Waals surface area (Å²) in [5.41, 5.74) is 0.792. The van der Waals surface area contributed by atoms with Gasteiger partial charge in [0.25, 0.3) is 5.69 Å². The smallest absolute Gasteiger partial charge is 0.283 e. The van der Waals surface area contributed by atoms with Gasteiger partial charge < -0.3 is 14.2 Å². The number of nitro groups is 1. The standard InChI is InChI=1S/C13H18BrNO5/c1-18-6-3-7-19-8-9-20-10-11-4-2-5-12(13(11)14)15(16)17/h2,4-5H,3,6-10H2,1H3. The molecule has 0 bridgehead atoms. The molecule has 6 nitrogen and oxygen atoms in total. The number of hydrogen-bond donors (Lipinski definition) is 0. The van der Waals surface area contributed by atoms with Crippen molar-refractivity contribution in [1.82, 2.24) is 0 Å². The molecule has 0 heterocycles. The molecule has 0 aliphatic heterocycles. The van der Waals surface area contributed by atoms with Gasteiger partial charge in [0, 0.05) is 26.4 Å². The lowest BCUT2D eigenvalue weighted by Gasteiger charge is -2.07. The molecular weight excluding hydrogens is 330 g/mol. The summed E-state index contributed by atoms with van der Waals surface area (Å²) in [5, 5.41) is 10.8. The topological polar surface area (TPSA) is 70.8 Å². The van der Waals surface area contributed by atoms with E-state index < -0.39 is 4.92 Å². The SMILES string of the molecule is COCCCOCCOCc1cccc([N+](=O)[O-])c1Br. The lowest BCUT2D eigenvalue weighted by atomic mass is 10.2. The predicted molar refractivity (Wildman–Crippen MR) is 77.8 cm³/mol. The first kappa shape index (κ1) is 17.0. The molecule has 7 heteroatoms. The van der Waals surface area contributed by atoms with E-state index in [0.29, 0.717) is 37.5 Å². The molecule has 0 amide bonds. The highest BCUT2D eigenvalue weighted by Crippen LogP contribution is 2.28. The van der Waals surface area contributed by atoms with Gasteiger partial charge in [0.1, 0.15) is 4.47 Å². The fourth-order valence-electron chi connectivity index (χ4n) is 1.53. The average Bonchev–Trinajstić information content (AvgIpc) is 2.43. The Labute approximate surface area is 126 Å². The van der Waals surface area contributed by atoms with Crippen LogP contribution in [-0.2, 0) is 20.8 Å². The van der Waals surface area contributed by atoms with Crippen LogP contribution in [0.1, 0.15) is 12.0 Å². The molecule has 0 saturated carbocycles. The van der Waals surface area contributed by atoms with Crippen molar-refractivity contribution < 1.29 is 19.1 Å². The summed E-state index contributed by atoms with van der Waals surface area (Å²) in [7, 11) is 1.65. The van der Waals surface area contributed by atoms with Crippen molar-refractivity contribution in [2.45, 2.75) is 13.0 Å². The highest BCUT2D eigenvalue weighted by molar-refractivity contribution is 9.10. The monoisotopic (exact) mass is 347 g/mol. The molecule has 1 aromatic carbocycles. The summed E-state index contributed by atoms with van der Waals surface area (Å²) in [6.45, 7) is 2.57. The molecule has 0 aromatic heterocycles. The summed E-state index contributed by atoms with van der Waals surface area (Å²) in [6, 6.07) is 4.88. The number of hydrogen-bond acceptors (Lipinski definition) is 5. The Bertz CT molecular complexity index is 427. The molecule has 0 atom stereocenters. The van der Waals surface area contributed by atoms with E-state index in [1.807, 2.05) is 0 Å². The number of nitrogens with zero attached hydrogens (tertiary/aromatic N) is 1. The number of nitro benzene ring substituents is 1. The maximum absolute atomic E-state index is 10.8. The van der Waals surface area contributed by atoms with E-state index in [0.717, 1.165) is 12.0 Å². The molecule has 1 rings (SSSR count). The van der Waals surface area contributed by atoms with Gasteiger partial charge in [-0.3, -0.25) is 10.1 Å². The largest absolute Gasteiger partial charge is 0.385 e. The van der Waals surface area contributed by atoms with Crippen LogP contribution in [0.25, 0.3) is 0 Å². The number of methoxy groups -OCH3 is 1. The third-order valence-corrected chi connectivity index (χ3v) is 3.44. The van der Waals surface area contributed by atoms with Crippen LogP contribution in [0.5, 0.6) is 0 Å². The number of benzene rings is 1. The van der Waals surface area contributed by atoms with Crippen molar-refractivity contribution in [2.75, 3.05) is 33.5 Å². The van der Waals surface area contributed by atoms with E-state index in [4.69, 9.17) is 14.2 Å². The Morgan fingerprint density at radius 3 is 2.65 bits per heavy atom. The van der Waals surface area contributed by atoms with Crippen LogP contribution in [0.4, 0.5) is 5.69 Å². The Morgan fingerprint density at radius 1 is 1.20 bits per heavy atom. The summed E-state index contributed by atoms with van der Waals surface area (Å²) in [6.07, 6.45) is 0.854. The van der Waals surface area contributed by atoms with Gasteiger partial charge in [-0.2, -0.15) is 0 Å². The zero-order valence-electron chi connectivity index (χ0n) is 11.3. The molecule has 0 aliphatic rings. The van der Waals surface area contributed by atoms with E-state index in [1.54, 1.807) is 19.2 Å².